The summed E-state index contributed by atoms with van der Waals surface area (Å²) in [4.78, 5) is 16.5. The van der Waals surface area contributed by atoms with E-state index in [0.717, 1.165) is 11.6 Å². The zero-order valence-electron chi connectivity index (χ0n) is 11.2. The van der Waals surface area contributed by atoms with E-state index in [0.29, 0.717) is 18.2 Å². The van der Waals surface area contributed by atoms with Gasteiger partial charge >= 0.3 is 0 Å². The lowest BCUT2D eigenvalue weighted by Crippen LogP contribution is -2.31. The van der Waals surface area contributed by atoms with Gasteiger partial charge in [-0.15, -0.1) is 0 Å². The first kappa shape index (κ1) is 12.4. The number of hydrogen-bond acceptors (Lipinski definition) is 3. The first-order valence-electron chi connectivity index (χ1n) is 6.95. The Morgan fingerprint density at radius 3 is 3.11 bits per heavy atom. The lowest BCUT2D eigenvalue weighted by Gasteiger charge is -2.16. The van der Waals surface area contributed by atoms with Crippen molar-refractivity contribution in [2.24, 2.45) is 5.92 Å². The van der Waals surface area contributed by atoms with Crippen LogP contribution in [-0.2, 0) is 6.54 Å². The van der Waals surface area contributed by atoms with Crippen molar-refractivity contribution in [1.29, 1.82) is 0 Å². The van der Waals surface area contributed by atoms with Gasteiger partial charge in [0.1, 0.15) is 5.65 Å². The van der Waals surface area contributed by atoms with Crippen LogP contribution in [0.2, 0.25) is 0 Å². The maximum Gasteiger partial charge on any atom is 0.258 e. The van der Waals surface area contributed by atoms with Crippen LogP contribution in [0.4, 0.5) is 0 Å². The summed E-state index contributed by atoms with van der Waals surface area (Å²) in [6, 6.07) is 7.80. The third kappa shape index (κ3) is 2.54. The van der Waals surface area contributed by atoms with Gasteiger partial charge in [-0.2, -0.15) is 0 Å². The number of nitrogens with one attached hydrogen (secondary N) is 1. The Hall–Kier alpha value is -1.68. The highest BCUT2D eigenvalue weighted by atomic mass is 16.1. The molecule has 0 aliphatic heterocycles. The molecule has 2 aromatic rings. The summed E-state index contributed by atoms with van der Waals surface area (Å²) in [6.45, 7) is 2.96. The second-order valence-corrected chi connectivity index (χ2v) is 5.41. The summed E-state index contributed by atoms with van der Waals surface area (Å²) in [5.74, 6) is 0.724. The Kier molecular flexibility index (Phi) is 3.34. The maximum atomic E-state index is 12.0. The second-order valence-electron chi connectivity index (χ2n) is 5.41. The predicted molar refractivity (Wildman–Crippen MR) is 75.1 cm³/mol. The van der Waals surface area contributed by atoms with Gasteiger partial charge in [-0.05, 0) is 30.9 Å². The molecule has 3 rings (SSSR count). The van der Waals surface area contributed by atoms with Gasteiger partial charge in [0.05, 0.1) is 5.69 Å². The molecule has 2 heterocycles. The number of hydrogen-bond donors (Lipinski definition) is 1. The van der Waals surface area contributed by atoms with Crippen LogP contribution < -0.4 is 10.9 Å². The van der Waals surface area contributed by atoms with E-state index in [9.17, 15) is 4.79 Å². The molecule has 19 heavy (non-hydrogen) atoms. The highest BCUT2D eigenvalue weighted by Crippen LogP contribution is 2.24. The Balaban J connectivity index is 1.80. The van der Waals surface area contributed by atoms with Crippen LogP contribution in [0, 0.1) is 5.92 Å². The quantitative estimate of drug-likeness (QED) is 0.914. The Morgan fingerprint density at radius 1 is 1.42 bits per heavy atom. The first-order chi connectivity index (χ1) is 9.24. The number of aromatic nitrogens is 2. The molecule has 2 atom stereocenters. The highest BCUT2D eigenvalue weighted by molar-refractivity contribution is 5.37. The van der Waals surface area contributed by atoms with Crippen molar-refractivity contribution in [1.82, 2.24) is 14.7 Å². The maximum absolute atomic E-state index is 12.0. The molecular weight excluding hydrogens is 238 g/mol. The lowest BCUT2D eigenvalue weighted by molar-refractivity contribution is 0.423. The van der Waals surface area contributed by atoms with E-state index in [1.807, 2.05) is 18.2 Å². The molecule has 0 spiro atoms. The van der Waals surface area contributed by atoms with E-state index >= 15 is 0 Å². The fraction of sp³-hybridized carbons (Fsp3) is 0.467. The van der Waals surface area contributed by atoms with Crippen LogP contribution in [-0.4, -0.2) is 15.4 Å². The summed E-state index contributed by atoms with van der Waals surface area (Å²) in [6.07, 6.45) is 5.58. The third-order valence-electron chi connectivity index (χ3n) is 4.03. The van der Waals surface area contributed by atoms with Gasteiger partial charge in [-0.25, -0.2) is 4.98 Å². The molecule has 0 bridgehead atoms. The smallest absolute Gasteiger partial charge is 0.258 e. The number of rotatable bonds is 3. The Morgan fingerprint density at radius 2 is 2.32 bits per heavy atom. The largest absolute Gasteiger partial charge is 0.308 e. The van der Waals surface area contributed by atoms with Gasteiger partial charge in [0.2, 0.25) is 0 Å². The van der Waals surface area contributed by atoms with Crippen molar-refractivity contribution in [3.8, 4) is 0 Å². The van der Waals surface area contributed by atoms with E-state index in [4.69, 9.17) is 0 Å². The molecular formula is C15H19N3O. The van der Waals surface area contributed by atoms with Crippen molar-refractivity contribution in [2.75, 3.05) is 0 Å². The number of fused-ring (bicyclic) bond motifs is 1. The van der Waals surface area contributed by atoms with Gasteiger partial charge < -0.3 is 5.32 Å². The topological polar surface area (TPSA) is 46.4 Å². The lowest BCUT2D eigenvalue weighted by atomic mass is 10.1. The molecule has 0 radical (unpaired) electrons. The normalized spacial score (nSPS) is 23.0. The van der Waals surface area contributed by atoms with Crippen LogP contribution in [0.5, 0.6) is 0 Å². The molecule has 1 aliphatic rings. The Labute approximate surface area is 112 Å². The van der Waals surface area contributed by atoms with Crippen LogP contribution in [0.1, 0.15) is 31.9 Å². The molecule has 1 saturated carbocycles. The van der Waals surface area contributed by atoms with Gasteiger partial charge in [0, 0.05) is 24.8 Å². The molecule has 1 fully saturated rings. The van der Waals surface area contributed by atoms with Crippen LogP contribution in [0.15, 0.2) is 35.3 Å². The molecule has 0 aromatic carbocycles. The van der Waals surface area contributed by atoms with Gasteiger partial charge in [-0.3, -0.25) is 9.20 Å². The van der Waals surface area contributed by atoms with E-state index in [2.05, 4.69) is 17.2 Å². The van der Waals surface area contributed by atoms with E-state index in [1.54, 1.807) is 16.7 Å². The molecule has 2 aromatic heterocycles. The molecule has 0 amide bonds. The summed E-state index contributed by atoms with van der Waals surface area (Å²) in [5, 5.41) is 3.53. The standard InChI is InChI=1S/C15H19N3O/c1-11-5-4-6-13(11)16-10-12-9-15(19)18-8-3-2-7-14(18)17-12/h2-3,7-9,11,13,16H,4-6,10H2,1H3. The average molecular weight is 257 g/mol. The van der Waals surface area contributed by atoms with E-state index in [1.165, 1.54) is 19.3 Å². The van der Waals surface area contributed by atoms with E-state index < -0.39 is 0 Å². The third-order valence-corrected chi connectivity index (χ3v) is 4.03. The number of pyridine rings is 1. The number of nitrogens with zero attached hydrogens (tertiary/aromatic N) is 2. The molecule has 4 nitrogen and oxygen atoms in total. The predicted octanol–water partition coefficient (Wildman–Crippen LogP) is 1.97. The summed E-state index contributed by atoms with van der Waals surface area (Å²) >= 11 is 0. The van der Waals surface area contributed by atoms with Crippen molar-refractivity contribution >= 4 is 5.65 Å². The van der Waals surface area contributed by atoms with Gasteiger partial charge in [-0.1, -0.05) is 19.4 Å². The van der Waals surface area contributed by atoms with Gasteiger partial charge in [0.25, 0.3) is 5.56 Å². The molecule has 0 saturated heterocycles. The van der Waals surface area contributed by atoms with Crippen LogP contribution in [0.25, 0.3) is 5.65 Å². The van der Waals surface area contributed by atoms with Crippen molar-refractivity contribution < 1.29 is 0 Å². The summed E-state index contributed by atoms with van der Waals surface area (Å²) in [5.41, 5.74) is 1.53. The highest BCUT2D eigenvalue weighted by Gasteiger charge is 2.22. The van der Waals surface area contributed by atoms with Crippen molar-refractivity contribution in [3.05, 3.63) is 46.5 Å². The fourth-order valence-corrected chi connectivity index (χ4v) is 2.88. The fourth-order valence-electron chi connectivity index (χ4n) is 2.88. The molecule has 100 valence electrons. The summed E-state index contributed by atoms with van der Waals surface area (Å²) in [7, 11) is 0. The monoisotopic (exact) mass is 257 g/mol. The molecule has 1 aliphatic carbocycles. The van der Waals surface area contributed by atoms with Crippen molar-refractivity contribution in [2.45, 2.75) is 38.8 Å². The minimum atomic E-state index is -0.0122. The average Bonchev–Trinajstić information content (AvgIpc) is 2.82. The summed E-state index contributed by atoms with van der Waals surface area (Å²) < 4.78 is 1.57. The molecule has 4 heteroatoms. The molecule has 2 unspecified atom stereocenters. The zero-order chi connectivity index (χ0) is 13.2. The SMILES string of the molecule is CC1CCCC1NCc1cc(=O)n2ccccc2n1. The van der Waals surface area contributed by atoms with Crippen molar-refractivity contribution in [3.63, 3.8) is 0 Å². The first-order valence-corrected chi connectivity index (χ1v) is 6.95. The van der Waals surface area contributed by atoms with Crippen LogP contribution >= 0.6 is 0 Å². The minimum Gasteiger partial charge on any atom is -0.308 e. The van der Waals surface area contributed by atoms with Gasteiger partial charge in [0.15, 0.2) is 0 Å². The molecule has 1 N–H and O–H groups in total. The minimum absolute atomic E-state index is 0.0122. The van der Waals surface area contributed by atoms with E-state index in [-0.39, 0.29) is 5.56 Å². The zero-order valence-corrected chi connectivity index (χ0v) is 11.2. The Bertz CT molecular complexity index is 635. The second kappa shape index (κ2) is 5.13. The van der Waals surface area contributed by atoms with Crippen LogP contribution in [0.3, 0.4) is 0 Å².